The van der Waals surface area contributed by atoms with E-state index >= 15 is 0 Å². The van der Waals surface area contributed by atoms with Crippen molar-refractivity contribution >= 4 is 5.91 Å². The van der Waals surface area contributed by atoms with E-state index in [1.807, 2.05) is 4.90 Å². The van der Waals surface area contributed by atoms with Crippen LogP contribution in [0.2, 0.25) is 0 Å². The van der Waals surface area contributed by atoms with Crippen molar-refractivity contribution in [2.24, 2.45) is 0 Å². The van der Waals surface area contributed by atoms with Gasteiger partial charge in [-0.05, 0) is 45.6 Å². The average Bonchev–Trinajstić information content (AvgIpc) is 2.49. The summed E-state index contributed by atoms with van der Waals surface area (Å²) in [4.78, 5) is 13.7. The largest absolute Gasteiger partial charge is 0.375 e. The molecule has 122 valence electrons. The van der Waals surface area contributed by atoms with Crippen LogP contribution in [0.3, 0.4) is 0 Å². The third-order valence-corrected chi connectivity index (χ3v) is 4.69. The van der Waals surface area contributed by atoms with Gasteiger partial charge in [0.2, 0.25) is 5.91 Å². The van der Waals surface area contributed by atoms with Crippen LogP contribution in [0.25, 0.3) is 0 Å². The highest BCUT2D eigenvalue weighted by Gasteiger charge is 2.24. The number of carbonyl (C=O) groups is 1. The number of amides is 1. The van der Waals surface area contributed by atoms with Crippen molar-refractivity contribution in [3.8, 4) is 0 Å². The number of nitrogens with one attached hydrogen (secondary N) is 2. The molecule has 0 aromatic rings. The summed E-state index contributed by atoms with van der Waals surface area (Å²) in [5.74, 6) is 0.121. The number of hydrogen-bond acceptors (Lipinski definition) is 4. The molecule has 2 aliphatic rings. The molecule has 5 nitrogen and oxygen atoms in total. The lowest BCUT2D eigenvalue weighted by atomic mass is 9.97. The van der Waals surface area contributed by atoms with Gasteiger partial charge in [0.25, 0.3) is 0 Å². The molecule has 0 aromatic carbocycles. The summed E-state index contributed by atoms with van der Waals surface area (Å²) in [5, 5.41) is 7.36. The zero-order chi connectivity index (χ0) is 15.1. The van der Waals surface area contributed by atoms with Crippen molar-refractivity contribution < 1.29 is 9.53 Å². The van der Waals surface area contributed by atoms with Gasteiger partial charge in [0, 0.05) is 38.3 Å². The molecule has 2 fully saturated rings. The Morgan fingerprint density at radius 3 is 2.71 bits per heavy atom. The van der Waals surface area contributed by atoms with Gasteiger partial charge in [-0.15, -0.1) is 0 Å². The Labute approximate surface area is 128 Å². The van der Waals surface area contributed by atoms with E-state index in [1.165, 1.54) is 32.2 Å². The van der Waals surface area contributed by atoms with E-state index in [1.54, 1.807) is 7.11 Å². The maximum Gasteiger partial charge on any atom is 0.248 e. The van der Waals surface area contributed by atoms with Gasteiger partial charge in [-0.1, -0.05) is 6.42 Å². The van der Waals surface area contributed by atoms with Crippen LogP contribution < -0.4 is 10.6 Å². The topological polar surface area (TPSA) is 53.6 Å². The Morgan fingerprint density at radius 2 is 2.10 bits per heavy atom. The first kappa shape index (κ1) is 16.7. The number of rotatable bonds is 6. The van der Waals surface area contributed by atoms with Gasteiger partial charge in [0.05, 0.1) is 0 Å². The molecule has 2 unspecified atom stereocenters. The third-order valence-electron chi connectivity index (χ3n) is 4.69. The maximum atomic E-state index is 11.8. The van der Waals surface area contributed by atoms with E-state index in [9.17, 15) is 4.79 Å². The molecule has 2 saturated heterocycles. The molecule has 2 atom stereocenters. The van der Waals surface area contributed by atoms with Crippen molar-refractivity contribution in [2.75, 3.05) is 33.4 Å². The highest BCUT2D eigenvalue weighted by Crippen LogP contribution is 2.15. The van der Waals surface area contributed by atoms with E-state index in [2.05, 4.69) is 17.6 Å². The minimum Gasteiger partial charge on any atom is -0.375 e. The van der Waals surface area contributed by atoms with Gasteiger partial charge in [0.1, 0.15) is 6.61 Å². The number of piperidine rings is 2. The van der Waals surface area contributed by atoms with Crippen molar-refractivity contribution in [3.05, 3.63) is 0 Å². The van der Waals surface area contributed by atoms with Crippen molar-refractivity contribution in [1.29, 1.82) is 0 Å². The molecule has 0 radical (unpaired) electrons. The lowest BCUT2D eigenvalue weighted by Gasteiger charge is -2.35. The lowest BCUT2D eigenvalue weighted by molar-refractivity contribution is -0.136. The van der Waals surface area contributed by atoms with Crippen LogP contribution >= 0.6 is 0 Å². The Morgan fingerprint density at radius 1 is 1.33 bits per heavy atom. The fourth-order valence-electron chi connectivity index (χ4n) is 3.53. The van der Waals surface area contributed by atoms with E-state index < -0.39 is 0 Å². The maximum absolute atomic E-state index is 11.8. The fraction of sp³-hybridized carbons (Fsp3) is 0.938. The van der Waals surface area contributed by atoms with E-state index in [0.717, 1.165) is 25.9 Å². The molecule has 2 N–H and O–H groups in total. The van der Waals surface area contributed by atoms with Crippen LogP contribution in [0.1, 0.15) is 45.4 Å². The van der Waals surface area contributed by atoms with Crippen LogP contribution in [0.5, 0.6) is 0 Å². The molecular formula is C16H31N3O2. The summed E-state index contributed by atoms with van der Waals surface area (Å²) in [7, 11) is 1.58. The summed E-state index contributed by atoms with van der Waals surface area (Å²) in [6.45, 7) is 5.39. The van der Waals surface area contributed by atoms with E-state index in [4.69, 9.17) is 4.74 Å². The molecule has 5 heteroatoms. The summed E-state index contributed by atoms with van der Waals surface area (Å²) in [6, 6.07) is 1.78. The van der Waals surface area contributed by atoms with Crippen LogP contribution in [-0.4, -0.2) is 62.3 Å². The SMILES string of the molecule is COCC(=O)N1CCC(NC(C)CC2CCCCN2)CC1. The Kier molecular flexibility index (Phi) is 6.93. The molecular weight excluding hydrogens is 266 g/mol. The number of likely N-dealkylation sites (tertiary alicyclic amines) is 1. The van der Waals surface area contributed by atoms with Gasteiger partial charge < -0.3 is 20.3 Å². The minimum absolute atomic E-state index is 0.121. The number of nitrogens with zero attached hydrogens (tertiary/aromatic N) is 1. The first-order chi connectivity index (χ1) is 10.2. The molecule has 0 aliphatic carbocycles. The Balaban J connectivity index is 1.64. The van der Waals surface area contributed by atoms with Crippen LogP contribution in [0.4, 0.5) is 0 Å². The molecule has 2 heterocycles. The quantitative estimate of drug-likeness (QED) is 0.772. The van der Waals surface area contributed by atoms with Gasteiger partial charge in [-0.2, -0.15) is 0 Å². The first-order valence-corrected chi connectivity index (χ1v) is 8.45. The second-order valence-corrected chi connectivity index (χ2v) is 6.54. The molecule has 2 aliphatic heterocycles. The fourth-order valence-corrected chi connectivity index (χ4v) is 3.53. The first-order valence-electron chi connectivity index (χ1n) is 8.45. The summed E-state index contributed by atoms with van der Waals surface area (Å²) in [6.07, 6.45) is 7.32. The molecule has 2 rings (SSSR count). The van der Waals surface area contributed by atoms with Gasteiger partial charge >= 0.3 is 0 Å². The molecule has 21 heavy (non-hydrogen) atoms. The molecule has 0 spiro atoms. The van der Waals surface area contributed by atoms with Crippen LogP contribution in [0, 0.1) is 0 Å². The predicted molar refractivity (Wildman–Crippen MR) is 84.3 cm³/mol. The van der Waals surface area contributed by atoms with Gasteiger partial charge in [-0.25, -0.2) is 0 Å². The summed E-state index contributed by atoms with van der Waals surface area (Å²) < 4.78 is 4.92. The normalized spacial score (nSPS) is 25.8. The average molecular weight is 297 g/mol. The van der Waals surface area contributed by atoms with Crippen molar-refractivity contribution in [1.82, 2.24) is 15.5 Å². The smallest absolute Gasteiger partial charge is 0.248 e. The van der Waals surface area contributed by atoms with E-state index in [0.29, 0.717) is 18.1 Å². The van der Waals surface area contributed by atoms with E-state index in [-0.39, 0.29) is 12.5 Å². The molecule has 1 amide bonds. The zero-order valence-electron chi connectivity index (χ0n) is 13.6. The second-order valence-electron chi connectivity index (χ2n) is 6.54. The monoisotopic (exact) mass is 297 g/mol. The number of hydrogen-bond donors (Lipinski definition) is 2. The lowest BCUT2D eigenvalue weighted by Crippen LogP contribution is -2.49. The molecule has 0 bridgehead atoms. The van der Waals surface area contributed by atoms with Gasteiger partial charge in [0.15, 0.2) is 0 Å². The van der Waals surface area contributed by atoms with Crippen LogP contribution in [-0.2, 0) is 9.53 Å². The number of methoxy groups -OCH3 is 1. The Hall–Kier alpha value is -0.650. The Bertz CT molecular complexity index is 311. The molecule has 0 saturated carbocycles. The minimum atomic E-state index is 0.121. The summed E-state index contributed by atoms with van der Waals surface area (Å²) in [5.41, 5.74) is 0. The van der Waals surface area contributed by atoms with Crippen molar-refractivity contribution in [2.45, 2.75) is 63.6 Å². The highest BCUT2D eigenvalue weighted by atomic mass is 16.5. The number of ether oxygens (including phenoxy) is 1. The van der Waals surface area contributed by atoms with Crippen LogP contribution in [0.15, 0.2) is 0 Å². The zero-order valence-corrected chi connectivity index (χ0v) is 13.6. The van der Waals surface area contributed by atoms with Crippen molar-refractivity contribution in [3.63, 3.8) is 0 Å². The second kappa shape index (κ2) is 8.71. The summed E-state index contributed by atoms with van der Waals surface area (Å²) >= 11 is 0. The van der Waals surface area contributed by atoms with Gasteiger partial charge in [-0.3, -0.25) is 4.79 Å². The predicted octanol–water partition coefficient (Wildman–Crippen LogP) is 1.13. The standard InChI is InChI=1S/C16H31N3O2/c1-13(11-15-5-3-4-8-17-15)18-14-6-9-19(10-7-14)16(20)12-21-2/h13-15,17-18H,3-12H2,1-2H3. The number of carbonyl (C=O) groups excluding carboxylic acids is 1. The highest BCUT2D eigenvalue weighted by molar-refractivity contribution is 5.77. The molecule has 0 aromatic heterocycles. The third kappa shape index (κ3) is 5.57.